The summed E-state index contributed by atoms with van der Waals surface area (Å²) in [4.78, 5) is 22.6. The lowest BCUT2D eigenvalue weighted by molar-refractivity contribution is -0.145. The van der Waals surface area contributed by atoms with Crippen LogP contribution in [0.3, 0.4) is 0 Å². The molecule has 6 heteroatoms. The van der Waals surface area contributed by atoms with Crippen molar-refractivity contribution in [3.05, 3.63) is 28.8 Å². The van der Waals surface area contributed by atoms with E-state index in [4.69, 9.17) is 21.1 Å². The Bertz CT molecular complexity index is 444. The summed E-state index contributed by atoms with van der Waals surface area (Å²) in [6.07, 6.45) is 0. The molecule has 5 nitrogen and oxygen atoms in total. The van der Waals surface area contributed by atoms with Crippen LogP contribution < -0.4 is 4.74 Å². The van der Waals surface area contributed by atoms with Crippen molar-refractivity contribution in [3.8, 4) is 5.75 Å². The van der Waals surface area contributed by atoms with Gasteiger partial charge in [0, 0.05) is 5.02 Å². The summed E-state index contributed by atoms with van der Waals surface area (Å²) >= 11 is 5.78. The van der Waals surface area contributed by atoms with Crippen LogP contribution in [0.15, 0.2) is 18.2 Å². The number of hydrogen-bond donors (Lipinski definition) is 0. The lowest BCUT2D eigenvalue weighted by Crippen LogP contribution is -2.16. The summed E-state index contributed by atoms with van der Waals surface area (Å²) in [5.74, 6) is -0.876. The highest BCUT2D eigenvalue weighted by Gasteiger charge is 2.15. The second-order valence-corrected chi connectivity index (χ2v) is 3.66. The van der Waals surface area contributed by atoms with Gasteiger partial charge in [0.15, 0.2) is 6.61 Å². The van der Waals surface area contributed by atoms with Gasteiger partial charge >= 0.3 is 11.9 Å². The smallest absolute Gasteiger partial charge is 0.344 e. The van der Waals surface area contributed by atoms with E-state index in [1.807, 2.05) is 0 Å². The third-order valence-electron chi connectivity index (χ3n) is 2.00. The van der Waals surface area contributed by atoms with Crippen LogP contribution in [0.5, 0.6) is 5.75 Å². The Morgan fingerprint density at radius 2 is 2.06 bits per heavy atom. The molecule has 1 aromatic rings. The molecular weight excluding hydrogens is 260 g/mol. The molecule has 0 aromatic heterocycles. The van der Waals surface area contributed by atoms with Crippen molar-refractivity contribution in [1.82, 2.24) is 0 Å². The molecule has 0 amide bonds. The van der Waals surface area contributed by atoms with Gasteiger partial charge in [0.1, 0.15) is 11.3 Å². The summed E-state index contributed by atoms with van der Waals surface area (Å²) in [5, 5.41) is 0.374. The standard InChI is InChI=1S/C12H13ClO5/c1-3-17-11(14)7-18-10-5-4-8(13)6-9(10)12(15)16-2/h4-6H,3,7H2,1-2H3. The molecule has 0 saturated heterocycles. The summed E-state index contributed by atoms with van der Waals surface area (Å²) in [6, 6.07) is 4.45. The van der Waals surface area contributed by atoms with Crippen LogP contribution in [-0.2, 0) is 14.3 Å². The zero-order chi connectivity index (χ0) is 13.5. The number of rotatable bonds is 5. The molecule has 0 saturated carbocycles. The molecule has 98 valence electrons. The van der Waals surface area contributed by atoms with Crippen LogP contribution in [0.4, 0.5) is 0 Å². The summed E-state index contributed by atoms with van der Waals surface area (Å²) in [5.41, 5.74) is 0.161. The molecule has 18 heavy (non-hydrogen) atoms. The van der Waals surface area contributed by atoms with Gasteiger partial charge in [0.05, 0.1) is 13.7 Å². The largest absolute Gasteiger partial charge is 0.481 e. The van der Waals surface area contributed by atoms with Gasteiger partial charge < -0.3 is 14.2 Å². The monoisotopic (exact) mass is 272 g/mol. The van der Waals surface area contributed by atoms with Crippen LogP contribution in [0.25, 0.3) is 0 Å². The van der Waals surface area contributed by atoms with Crippen LogP contribution in [-0.4, -0.2) is 32.3 Å². The molecular formula is C12H13ClO5. The lowest BCUT2D eigenvalue weighted by atomic mass is 10.2. The Morgan fingerprint density at radius 1 is 1.33 bits per heavy atom. The van der Waals surface area contributed by atoms with Crippen LogP contribution in [0.2, 0.25) is 5.02 Å². The second-order valence-electron chi connectivity index (χ2n) is 3.23. The van der Waals surface area contributed by atoms with E-state index in [0.29, 0.717) is 5.02 Å². The molecule has 0 heterocycles. The van der Waals surface area contributed by atoms with Crippen molar-refractivity contribution in [3.63, 3.8) is 0 Å². The maximum atomic E-state index is 11.5. The van der Waals surface area contributed by atoms with Crippen molar-refractivity contribution >= 4 is 23.5 Å². The summed E-state index contributed by atoms with van der Waals surface area (Å²) in [6.45, 7) is 1.69. The second kappa shape index (κ2) is 6.86. The van der Waals surface area contributed by atoms with Gasteiger partial charge in [-0.2, -0.15) is 0 Å². The van der Waals surface area contributed by atoms with Gasteiger partial charge in [-0.25, -0.2) is 9.59 Å². The maximum Gasteiger partial charge on any atom is 0.344 e. The van der Waals surface area contributed by atoms with E-state index in [1.54, 1.807) is 13.0 Å². The number of methoxy groups -OCH3 is 1. The molecule has 0 aliphatic heterocycles. The van der Waals surface area contributed by atoms with Gasteiger partial charge in [-0.15, -0.1) is 0 Å². The highest BCUT2D eigenvalue weighted by Crippen LogP contribution is 2.23. The van der Waals surface area contributed by atoms with E-state index in [-0.39, 0.29) is 24.5 Å². The molecule has 0 spiro atoms. The zero-order valence-electron chi connectivity index (χ0n) is 10.1. The molecule has 0 atom stereocenters. The van der Waals surface area contributed by atoms with Crippen molar-refractivity contribution in [2.24, 2.45) is 0 Å². The molecule has 0 N–H and O–H groups in total. The van der Waals surface area contributed by atoms with Gasteiger partial charge in [-0.05, 0) is 25.1 Å². The van der Waals surface area contributed by atoms with Crippen molar-refractivity contribution in [2.45, 2.75) is 6.92 Å². The highest BCUT2D eigenvalue weighted by atomic mass is 35.5. The van der Waals surface area contributed by atoms with E-state index < -0.39 is 11.9 Å². The van der Waals surface area contributed by atoms with Gasteiger partial charge in [-0.1, -0.05) is 11.6 Å². The van der Waals surface area contributed by atoms with Crippen molar-refractivity contribution in [2.75, 3.05) is 20.3 Å². The normalized spacial score (nSPS) is 9.72. The first kappa shape index (κ1) is 14.3. The van der Waals surface area contributed by atoms with E-state index in [2.05, 4.69) is 4.74 Å². The number of carbonyl (C=O) groups is 2. The molecule has 0 aliphatic carbocycles. The molecule has 0 unspecified atom stereocenters. The fourth-order valence-electron chi connectivity index (χ4n) is 1.24. The van der Waals surface area contributed by atoms with Crippen LogP contribution in [0, 0.1) is 0 Å². The zero-order valence-corrected chi connectivity index (χ0v) is 10.8. The van der Waals surface area contributed by atoms with Gasteiger partial charge in [-0.3, -0.25) is 0 Å². The summed E-state index contributed by atoms with van der Waals surface area (Å²) < 4.78 is 14.5. The Balaban J connectivity index is 2.81. The topological polar surface area (TPSA) is 61.8 Å². The molecule has 0 fully saturated rings. The molecule has 0 radical (unpaired) electrons. The lowest BCUT2D eigenvalue weighted by Gasteiger charge is -2.10. The van der Waals surface area contributed by atoms with Crippen molar-refractivity contribution < 1.29 is 23.8 Å². The minimum atomic E-state index is -0.587. The van der Waals surface area contributed by atoms with Crippen molar-refractivity contribution in [1.29, 1.82) is 0 Å². The van der Waals surface area contributed by atoms with E-state index in [0.717, 1.165) is 0 Å². The number of halogens is 1. The van der Waals surface area contributed by atoms with Gasteiger partial charge in [0.25, 0.3) is 0 Å². The third-order valence-corrected chi connectivity index (χ3v) is 2.23. The fourth-order valence-corrected chi connectivity index (χ4v) is 1.41. The van der Waals surface area contributed by atoms with E-state index >= 15 is 0 Å². The molecule has 0 aliphatic rings. The average Bonchev–Trinajstić information content (AvgIpc) is 2.36. The first-order valence-electron chi connectivity index (χ1n) is 5.24. The maximum absolute atomic E-state index is 11.5. The number of ether oxygens (including phenoxy) is 3. The minimum absolute atomic E-state index is 0.161. The average molecular weight is 273 g/mol. The van der Waals surface area contributed by atoms with E-state index in [1.165, 1.54) is 19.2 Å². The molecule has 1 aromatic carbocycles. The Hall–Kier alpha value is -1.75. The number of carbonyl (C=O) groups excluding carboxylic acids is 2. The number of esters is 2. The molecule has 0 bridgehead atoms. The predicted octanol–water partition coefficient (Wildman–Crippen LogP) is 2.07. The third kappa shape index (κ3) is 3.92. The van der Waals surface area contributed by atoms with E-state index in [9.17, 15) is 9.59 Å². The van der Waals surface area contributed by atoms with Crippen LogP contribution in [0.1, 0.15) is 17.3 Å². The first-order valence-corrected chi connectivity index (χ1v) is 5.62. The Kier molecular flexibility index (Phi) is 5.45. The minimum Gasteiger partial charge on any atom is -0.481 e. The SMILES string of the molecule is CCOC(=O)COc1ccc(Cl)cc1C(=O)OC. The van der Waals surface area contributed by atoms with Crippen LogP contribution >= 0.6 is 11.6 Å². The number of hydrogen-bond acceptors (Lipinski definition) is 5. The van der Waals surface area contributed by atoms with Gasteiger partial charge in [0.2, 0.25) is 0 Å². The number of benzene rings is 1. The Labute approximate surface area is 110 Å². The fraction of sp³-hybridized carbons (Fsp3) is 0.333. The highest BCUT2D eigenvalue weighted by molar-refractivity contribution is 6.31. The molecule has 1 rings (SSSR count). The predicted molar refractivity (Wildman–Crippen MR) is 64.9 cm³/mol. The first-order chi connectivity index (χ1) is 8.58. The quantitative estimate of drug-likeness (QED) is 0.768. The summed E-state index contributed by atoms with van der Waals surface area (Å²) in [7, 11) is 1.25. The Morgan fingerprint density at radius 3 is 2.67 bits per heavy atom.